The first-order chi connectivity index (χ1) is 7.61. The molecule has 16 heavy (non-hydrogen) atoms. The van der Waals surface area contributed by atoms with Gasteiger partial charge in [0.25, 0.3) is 0 Å². The summed E-state index contributed by atoms with van der Waals surface area (Å²) in [6, 6.07) is 3.22. The van der Waals surface area contributed by atoms with Crippen molar-refractivity contribution < 1.29 is 9.13 Å². The van der Waals surface area contributed by atoms with E-state index in [1.54, 1.807) is 11.4 Å². The third kappa shape index (κ3) is 1.86. The highest BCUT2D eigenvalue weighted by Crippen LogP contribution is 2.34. The van der Waals surface area contributed by atoms with Crippen LogP contribution in [0.5, 0.6) is 5.75 Å². The smallest absolute Gasteiger partial charge is 0.180 e. The van der Waals surface area contributed by atoms with Gasteiger partial charge in [-0.1, -0.05) is 0 Å². The molecular formula is C11H11FN2OS. The van der Waals surface area contributed by atoms with Crippen LogP contribution in [0.15, 0.2) is 17.5 Å². The van der Waals surface area contributed by atoms with Gasteiger partial charge in [0.05, 0.1) is 18.4 Å². The lowest BCUT2D eigenvalue weighted by molar-refractivity contribution is 0.413. The molecule has 0 saturated heterocycles. The standard InChI is InChI=1S/C11H11FN2OS/c1-6-3-7(12)10(9(4-6)15-2)8-5-16-11(13)14-8/h3-5H,1-2H3,(H2,13,14). The zero-order valence-electron chi connectivity index (χ0n) is 8.95. The molecule has 84 valence electrons. The number of halogens is 1. The topological polar surface area (TPSA) is 48.1 Å². The van der Waals surface area contributed by atoms with Gasteiger partial charge in [-0.25, -0.2) is 9.37 Å². The van der Waals surface area contributed by atoms with Gasteiger partial charge in [0, 0.05) is 5.38 Å². The van der Waals surface area contributed by atoms with E-state index in [0.717, 1.165) is 5.56 Å². The van der Waals surface area contributed by atoms with E-state index in [1.807, 2.05) is 6.92 Å². The second-order valence-electron chi connectivity index (χ2n) is 3.39. The van der Waals surface area contributed by atoms with E-state index >= 15 is 0 Å². The lowest BCUT2D eigenvalue weighted by Gasteiger charge is -2.08. The van der Waals surface area contributed by atoms with Crippen molar-refractivity contribution in [3.05, 3.63) is 28.9 Å². The quantitative estimate of drug-likeness (QED) is 0.875. The fourth-order valence-electron chi connectivity index (χ4n) is 1.52. The van der Waals surface area contributed by atoms with Crippen LogP contribution in [0.3, 0.4) is 0 Å². The Balaban J connectivity index is 2.63. The lowest BCUT2D eigenvalue weighted by atomic mass is 10.1. The highest BCUT2D eigenvalue weighted by molar-refractivity contribution is 7.13. The fourth-order valence-corrected chi connectivity index (χ4v) is 2.08. The van der Waals surface area contributed by atoms with E-state index in [2.05, 4.69) is 4.98 Å². The van der Waals surface area contributed by atoms with Gasteiger partial charge in [-0.2, -0.15) is 0 Å². The van der Waals surface area contributed by atoms with Gasteiger partial charge >= 0.3 is 0 Å². The molecule has 0 bridgehead atoms. The van der Waals surface area contributed by atoms with Gasteiger partial charge < -0.3 is 10.5 Å². The molecule has 0 spiro atoms. The van der Waals surface area contributed by atoms with E-state index in [1.165, 1.54) is 24.5 Å². The van der Waals surface area contributed by atoms with Crippen molar-refractivity contribution in [3.8, 4) is 17.0 Å². The van der Waals surface area contributed by atoms with Crippen LogP contribution in [0.2, 0.25) is 0 Å². The third-order valence-electron chi connectivity index (χ3n) is 2.20. The van der Waals surface area contributed by atoms with Gasteiger partial charge in [0.2, 0.25) is 0 Å². The third-order valence-corrected chi connectivity index (χ3v) is 2.87. The SMILES string of the molecule is COc1cc(C)cc(F)c1-c1csc(N)n1. The van der Waals surface area contributed by atoms with Crippen LogP contribution in [0.4, 0.5) is 9.52 Å². The number of benzene rings is 1. The minimum absolute atomic E-state index is 0.345. The van der Waals surface area contributed by atoms with Crippen LogP contribution >= 0.6 is 11.3 Å². The summed E-state index contributed by atoms with van der Waals surface area (Å²) in [7, 11) is 1.51. The Hall–Kier alpha value is -1.62. The zero-order chi connectivity index (χ0) is 11.7. The highest BCUT2D eigenvalue weighted by atomic mass is 32.1. The summed E-state index contributed by atoms with van der Waals surface area (Å²) in [6.45, 7) is 1.81. The number of ether oxygens (including phenoxy) is 1. The summed E-state index contributed by atoms with van der Waals surface area (Å²) in [5.41, 5.74) is 7.21. The van der Waals surface area contributed by atoms with E-state index < -0.39 is 0 Å². The molecule has 0 aliphatic carbocycles. The van der Waals surface area contributed by atoms with Crippen LogP contribution in [-0.2, 0) is 0 Å². The molecular weight excluding hydrogens is 227 g/mol. The van der Waals surface area contributed by atoms with Gasteiger partial charge in [-0.05, 0) is 24.6 Å². The van der Waals surface area contributed by atoms with Crippen LogP contribution < -0.4 is 10.5 Å². The van der Waals surface area contributed by atoms with Gasteiger partial charge in [-0.3, -0.25) is 0 Å². The number of hydrogen-bond acceptors (Lipinski definition) is 4. The second-order valence-corrected chi connectivity index (χ2v) is 4.28. The minimum Gasteiger partial charge on any atom is -0.496 e. The number of hydrogen-bond donors (Lipinski definition) is 1. The number of aromatic nitrogens is 1. The molecule has 1 heterocycles. The highest BCUT2D eigenvalue weighted by Gasteiger charge is 2.15. The minimum atomic E-state index is -0.345. The first kappa shape index (κ1) is 10.9. The largest absolute Gasteiger partial charge is 0.496 e. The Labute approximate surface area is 96.7 Å². The molecule has 0 unspecified atom stereocenters. The van der Waals surface area contributed by atoms with Gasteiger partial charge in [0.15, 0.2) is 5.13 Å². The molecule has 0 aliphatic rings. The summed E-state index contributed by atoms with van der Waals surface area (Å²) in [5, 5.41) is 2.13. The van der Waals surface area contributed by atoms with Crippen molar-refractivity contribution in [1.29, 1.82) is 0 Å². The molecule has 2 aromatic rings. The monoisotopic (exact) mass is 238 g/mol. The molecule has 0 radical (unpaired) electrons. The number of nitrogens with two attached hydrogens (primary N) is 1. The van der Waals surface area contributed by atoms with E-state index in [9.17, 15) is 4.39 Å². The predicted octanol–water partition coefficient (Wildman–Crippen LogP) is 2.85. The summed E-state index contributed by atoms with van der Waals surface area (Å²) < 4.78 is 19.0. The molecule has 0 amide bonds. The van der Waals surface area contributed by atoms with Crippen molar-refractivity contribution in [1.82, 2.24) is 4.98 Å². The fraction of sp³-hybridized carbons (Fsp3) is 0.182. The van der Waals surface area contributed by atoms with Crippen LogP contribution in [-0.4, -0.2) is 12.1 Å². The number of anilines is 1. The van der Waals surface area contributed by atoms with Crippen molar-refractivity contribution in [2.45, 2.75) is 6.92 Å². The van der Waals surface area contributed by atoms with Crippen molar-refractivity contribution in [2.75, 3.05) is 12.8 Å². The average Bonchev–Trinajstić information content (AvgIpc) is 2.63. The summed E-state index contributed by atoms with van der Waals surface area (Å²) in [4.78, 5) is 4.06. The number of methoxy groups -OCH3 is 1. The molecule has 5 heteroatoms. The molecule has 0 atom stereocenters. The lowest BCUT2D eigenvalue weighted by Crippen LogP contribution is -1.94. The number of rotatable bonds is 2. The maximum absolute atomic E-state index is 13.8. The molecule has 1 aromatic carbocycles. The van der Waals surface area contributed by atoms with E-state index in [4.69, 9.17) is 10.5 Å². The summed E-state index contributed by atoms with van der Waals surface area (Å²) in [5.74, 6) is 0.130. The Morgan fingerprint density at radius 1 is 1.44 bits per heavy atom. The van der Waals surface area contributed by atoms with Crippen LogP contribution in [0.1, 0.15) is 5.56 Å². The summed E-state index contributed by atoms with van der Waals surface area (Å²) >= 11 is 1.28. The molecule has 3 nitrogen and oxygen atoms in total. The van der Waals surface area contributed by atoms with Crippen molar-refractivity contribution in [3.63, 3.8) is 0 Å². The number of aryl methyl sites for hydroxylation is 1. The van der Waals surface area contributed by atoms with E-state index in [0.29, 0.717) is 22.1 Å². The average molecular weight is 238 g/mol. The number of thiazole rings is 1. The molecule has 0 fully saturated rings. The Bertz CT molecular complexity index is 525. The Morgan fingerprint density at radius 3 is 2.75 bits per heavy atom. The first-order valence-electron chi connectivity index (χ1n) is 4.67. The Kier molecular flexibility index (Phi) is 2.78. The maximum atomic E-state index is 13.8. The molecule has 0 aliphatic heterocycles. The second kappa shape index (κ2) is 4.09. The first-order valence-corrected chi connectivity index (χ1v) is 5.55. The number of nitrogen functional groups attached to an aromatic ring is 1. The molecule has 2 N–H and O–H groups in total. The van der Waals surface area contributed by atoms with Crippen molar-refractivity contribution >= 4 is 16.5 Å². The predicted molar refractivity (Wildman–Crippen MR) is 63.2 cm³/mol. The van der Waals surface area contributed by atoms with Crippen LogP contribution in [0, 0.1) is 12.7 Å². The molecule has 2 rings (SSSR count). The normalized spacial score (nSPS) is 10.4. The van der Waals surface area contributed by atoms with Gasteiger partial charge in [0.1, 0.15) is 11.6 Å². The molecule has 1 aromatic heterocycles. The number of nitrogens with zero attached hydrogens (tertiary/aromatic N) is 1. The molecule has 0 saturated carbocycles. The maximum Gasteiger partial charge on any atom is 0.180 e. The zero-order valence-corrected chi connectivity index (χ0v) is 9.77. The van der Waals surface area contributed by atoms with Gasteiger partial charge in [-0.15, -0.1) is 11.3 Å². The van der Waals surface area contributed by atoms with E-state index in [-0.39, 0.29) is 5.82 Å². The Morgan fingerprint density at radius 2 is 2.19 bits per heavy atom. The van der Waals surface area contributed by atoms with Crippen LogP contribution in [0.25, 0.3) is 11.3 Å². The van der Waals surface area contributed by atoms with Crippen molar-refractivity contribution in [2.24, 2.45) is 0 Å². The summed E-state index contributed by atoms with van der Waals surface area (Å²) in [6.07, 6.45) is 0.